The topological polar surface area (TPSA) is 83.6 Å². The molecule has 0 aliphatic heterocycles. The molecule has 0 fully saturated rings. The van der Waals surface area contributed by atoms with E-state index in [1.807, 2.05) is 0 Å². The summed E-state index contributed by atoms with van der Waals surface area (Å²) in [4.78, 5) is 11.1. The lowest BCUT2D eigenvalue weighted by Gasteiger charge is -2.19. The normalized spacial score (nSPS) is 20.9. The van der Waals surface area contributed by atoms with Gasteiger partial charge in [-0.2, -0.15) is 0 Å². The van der Waals surface area contributed by atoms with Crippen molar-refractivity contribution in [2.75, 3.05) is 6.61 Å². The molecule has 104 valence electrons. The van der Waals surface area contributed by atoms with Gasteiger partial charge in [-0.05, 0) is 48.4 Å². The van der Waals surface area contributed by atoms with Crippen LogP contribution in [-0.4, -0.2) is 28.3 Å². The molecule has 0 bridgehead atoms. The van der Waals surface area contributed by atoms with E-state index >= 15 is 0 Å². The Morgan fingerprint density at radius 2 is 2.21 bits per heavy atom. The third kappa shape index (κ3) is 2.77. The first-order valence-electron chi connectivity index (χ1n) is 6.27. The van der Waals surface area contributed by atoms with Crippen LogP contribution in [0.3, 0.4) is 0 Å². The number of carbonyl (C=O) groups excluding carboxylic acids is 1. The zero-order valence-electron chi connectivity index (χ0n) is 10.8. The van der Waals surface area contributed by atoms with E-state index in [0.717, 1.165) is 5.56 Å². The quantitative estimate of drug-likeness (QED) is 0.734. The molecule has 1 aliphatic rings. The maximum Gasteiger partial charge on any atom is 0.249 e. The van der Waals surface area contributed by atoms with Gasteiger partial charge in [0, 0.05) is 13.0 Å². The summed E-state index contributed by atoms with van der Waals surface area (Å²) in [7, 11) is 0. The predicted molar refractivity (Wildman–Crippen MR) is 67.9 cm³/mol. The van der Waals surface area contributed by atoms with Crippen LogP contribution in [0.4, 0.5) is 4.39 Å². The average Bonchev–Trinajstić information content (AvgIpc) is 2.71. The van der Waals surface area contributed by atoms with E-state index in [-0.39, 0.29) is 24.8 Å². The first-order chi connectivity index (χ1) is 8.83. The Kier molecular flexibility index (Phi) is 3.60. The molecular formula is C14H18FNO3. The fourth-order valence-corrected chi connectivity index (χ4v) is 2.55. The summed E-state index contributed by atoms with van der Waals surface area (Å²) in [6, 6.07) is 3.11. The summed E-state index contributed by atoms with van der Waals surface area (Å²) in [6.45, 7) is 1.35. The second-order valence-electron chi connectivity index (χ2n) is 5.49. The number of benzene rings is 1. The van der Waals surface area contributed by atoms with Gasteiger partial charge in [0.05, 0.1) is 0 Å². The Morgan fingerprint density at radius 1 is 1.53 bits per heavy atom. The summed E-state index contributed by atoms with van der Waals surface area (Å²) in [5, 5.41) is 19.0. The zero-order chi connectivity index (χ0) is 14.2. The van der Waals surface area contributed by atoms with Gasteiger partial charge in [-0.15, -0.1) is 0 Å². The first-order valence-corrected chi connectivity index (χ1v) is 6.27. The smallest absolute Gasteiger partial charge is 0.249 e. The third-order valence-electron chi connectivity index (χ3n) is 3.69. The van der Waals surface area contributed by atoms with Crippen LogP contribution in [0.15, 0.2) is 12.1 Å². The fraction of sp³-hybridized carbons (Fsp3) is 0.500. The van der Waals surface area contributed by atoms with Crippen molar-refractivity contribution in [3.05, 3.63) is 34.6 Å². The molecule has 1 aromatic carbocycles. The highest BCUT2D eigenvalue weighted by molar-refractivity contribution is 5.83. The van der Waals surface area contributed by atoms with Gasteiger partial charge in [0.1, 0.15) is 11.4 Å². The first kappa shape index (κ1) is 14.0. The van der Waals surface area contributed by atoms with Gasteiger partial charge < -0.3 is 15.9 Å². The molecule has 1 aromatic rings. The molecule has 2 atom stereocenters. The fourth-order valence-electron chi connectivity index (χ4n) is 2.55. The molecule has 19 heavy (non-hydrogen) atoms. The van der Waals surface area contributed by atoms with Gasteiger partial charge >= 0.3 is 0 Å². The lowest BCUT2D eigenvalue weighted by molar-refractivity contribution is -0.134. The van der Waals surface area contributed by atoms with Crippen molar-refractivity contribution in [1.82, 2.24) is 0 Å². The standard InChI is InChI=1S/C14H18FNO3/c1-14(19,13(16)18)6-8-2-10-3-9(7-17)4-11(10)12(15)5-8/h2,5,9,17,19H,3-4,6-7H2,1H3,(H2,16,18). The molecule has 2 unspecified atom stereocenters. The van der Waals surface area contributed by atoms with E-state index in [4.69, 9.17) is 10.8 Å². The van der Waals surface area contributed by atoms with Crippen LogP contribution >= 0.6 is 0 Å². The molecule has 0 aromatic heterocycles. The van der Waals surface area contributed by atoms with Crippen molar-refractivity contribution in [3.63, 3.8) is 0 Å². The summed E-state index contributed by atoms with van der Waals surface area (Å²) < 4.78 is 14.0. The molecule has 4 N–H and O–H groups in total. The van der Waals surface area contributed by atoms with Gasteiger partial charge in [-0.3, -0.25) is 4.79 Å². The average molecular weight is 267 g/mol. The van der Waals surface area contributed by atoms with E-state index in [9.17, 15) is 14.3 Å². The van der Waals surface area contributed by atoms with E-state index in [1.165, 1.54) is 13.0 Å². The number of hydrogen-bond donors (Lipinski definition) is 3. The summed E-state index contributed by atoms with van der Waals surface area (Å²) >= 11 is 0. The summed E-state index contributed by atoms with van der Waals surface area (Å²) in [6.07, 6.45) is 1.13. The highest BCUT2D eigenvalue weighted by atomic mass is 19.1. The van der Waals surface area contributed by atoms with Crippen LogP contribution in [0.25, 0.3) is 0 Å². The number of carbonyl (C=O) groups is 1. The summed E-state index contributed by atoms with van der Waals surface area (Å²) in [5.74, 6) is -1.12. The minimum absolute atomic E-state index is 0.0175. The third-order valence-corrected chi connectivity index (χ3v) is 3.69. The van der Waals surface area contributed by atoms with Gasteiger partial charge in [0.15, 0.2) is 0 Å². The minimum Gasteiger partial charge on any atom is -0.396 e. The molecule has 5 heteroatoms. The van der Waals surface area contributed by atoms with Crippen molar-refractivity contribution in [3.8, 4) is 0 Å². The van der Waals surface area contributed by atoms with E-state index in [1.54, 1.807) is 6.07 Å². The number of primary amides is 1. The van der Waals surface area contributed by atoms with Crippen molar-refractivity contribution in [1.29, 1.82) is 0 Å². The van der Waals surface area contributed by atoms with Crippen LogP contribution in [0.5, 0.6) is 0 Å². The van der Waals surface area contributed by atoms with Gasteiger partial charge in [0.25, 0.3) is 0 Å². The molecule has 1 aliphatic carbocycles. The molecule has 0 saturated heterocycles. The van der Waals surface area contributed by atoms with Gasteiger partial charge in [0.2, 0.25) is 5.91 Å². The number of nitrogens with two attached hydrogens (primary N) is 1. The molecular weight excluding hydrogens is 249 g/mol. The molecule has 0 spiro atoms. The van der Waals surface area contributed by atoms with Gasteiger partial charge in [-0.1, -0.05) is 6.07 Å². The molecule has 1 amide bonds. The van der Waals surface area contributed by atoms with Crippen molar-refractivity contribution in [2.45, 2.75) is 31.8 Å². The Hall–Kier alpha value is -1.46. The van der Waals surface area contributed by atoms with Crippen LogP contribution in [0.1, 0.15) is 23.6 Å². The second-order valence-corrected chi connectivity index (χ2v) is 5.49. The largest absolute Gasteiger partial charge is 0.396 e. The predicted octanol–water partition coefficient (Wildman–Crippen LogP) is 0.312. The summed E-state index contributed by atoms with van der Waals surface area (Å²) in [5.41, 5.74) is 5.42. The maximum atomic E-state index is 14.0. The molecule has 2 rings (SSSR count). The van der Waals surface area contributed by atoms with Crippen LogP contribution in [0, 0.1) is 11.7 Å². The monoisotopic (exact) mass is 267 g/mol. The Balaban J connectivity index is 2.27. The minimum atomic E-state index is -1.68. The molecule has 0 radical (unpaired) electrons. The van der Waals surface area contributed by atoms with Crippen molar-refractivity contribution in [2.24, 2.45) is 11.7 Å². The van der Waals surface area contributed by atoms with E-state index in [2.05, 4.69) is 0 Å². The number of aliphatic hydroxyl groups excluding tert-OH is 1. The molecule has 0 heterocycles. The molecule has 0 saturated carbocycles. The lowest BCUT2D eigenvalue weighted by Crippen LogP contribution is -2.42. The van der Waals surface area contributed by atoms with Gasteiger partial charge in [-0.25, -0.2) is 4.39 Å². The number of aliphatic hydroxyl groups is 2. The number of hydrogen-bond acceptors (Lipinski definition) is 3. The molecule has 4 nitrogen and oxygen atoms in total. The van der Waals surface area contributed by atoms with Crippen molar-refractivity contribution >= 4 is 5.91 Å². The Labute approximate surface area is 111 Å². The number of halogens is 1. The number of amides is 1. The SMILES string of the molecule is CC(O)(Cc1cc(F)c2c(c1)CC(CO)C2)C(N)=O. The lowest BCUT2D eigenvalue weighted by atomic mass is 9.93. The van der Waals surface area contributed by atoms with Crippen LogP contribution in [-0.2, 0) is 24.1 Å². The Bertz CT molecular complexity index is 514. The highest BCUT2D eigenvalue weighted by Gasteiger charge is 2.30. The second kappa shape index (κ2) is 4.90. The van der Waals surface area contributed by atoms with Crippen molar-refractivity contribution < 1.29 is 19.4 Å². The highest BCUT2D eigenvalue weighted by Crippen LogP contribution is 2.30. The van der Waals surface area contributed by atoms with E-state index in [0.29, 0.717) is 24.0 Å². The van der Waals surface area contributed by atoms with Crippen LogP contribution in [0.2, 0.25) is 0 Å². The zero-order valence-corrected chi connectivity index (χ0v) is 10.8. The van der Waals surface area contributed by atoms with E-state index < -0.39 is 11.5 Å². The Morgan fingerprint density at radius 3 is 2.79 bits per heavy atom. The number of rotatable bonds is 4. The maximum absolute atomic E-state index is 14.0. The van der Waals surface area contributed by atoms with Crippen LogP contribution < -0.4 is 5.73 Å². The number of fused-ring (bicyclic) bond motifs is 1.